The lowest BCUT2D eigenvalue weighted by Crippen LogP contribution is -2.41. The van der Waals surface area contributed by atoms with Crippen molar-refractivity contribution in [1.29, 1.82) is 0 Å². The molecule has 2 aromatic carbocycles. The van der Waals surface area contributed by atoms with Crippen LogP contribution in [0, 0.1) is 0 Å². The smallest absolute Gasteiger partial charge is 0.221 e. The summed E-state index contributed by atoms with van der Waals surface area (Å²) in [6, 6.07) is 18.2. The number of hydrogen-bond acceptors (Lipinski definition) is 3. The van der Waals surface area contributed by atoms with E-state index in [1.807, 2.05) is 42.5 Å². The quantitative estimate of drug-likeness (QED) is 0.809. The van der Waals surface area contributed by atoms with E-state index in [0.29, 0.717) is 6.42 Å². The van der Waals surface area contributed by atoms with Crippen molar-refractivity contribution < 1.29 is 9.53 Å². The summed E-state index contributed by atoms with van der Waals surface area (Å²) in [5, 5.41) is 3.18. The van der Waals surface area contributed by atoms with Crippen LogP contribution in [0.15, 0.2) is 59.5 Å². The molecule has 0 unspecified atom stereocenters. The zero-order valence-corrected chi connectivity index (χ0v) is 14.9. The number of fused-ring (bicyclic) bond motifs is 1. The lowest BCUT2D eigenvalue weighted by molar-refractivity contribution is -0.121. The summed E-state index contributed by atoms with van der Waals surface area (Å²) in [5.74, 6) is 1.75. The summed E-state index contributed by atoms with van der Waals surface area (Å²) < 4.78 is 6.01. The van der Waals surface area contributed by atoms with Crippen molar-refractivity contribution in [2.24, 2.45) is 0 Å². The normalized spacial score (nSPS) is 18.3. The number of hydrogen-bond donors (Lipinski definition) is 1. The zero-order chi connectivity index (χ0) is 17.0. The molecule has 0 bridgehead atoms. The molecule has 3 rings (SSSR count). The summed E-state index contributed by atoms with van der Waals surface area (Å²) in [7, 11) is 0. The van der Waals surface area contributed by atoms with E-state index in [9.17, 15) is 4.79 Å². The molecule has 3 nitrogen and oxygen atoms in total. The van der Waals surface area contributed by atoms with Crippen LogP contribution in [0.5, 0.6) is 5.75 Å². The predicted molar refractivity (Wildman–Crippen MR) is 98.4 cm³/mol. The number of nitrogens with one attached hydrogen (secondary N) is 1. The fourth-order valence-corrected chi connectivity index (χ4v) is 3.85. The Bertz CT molecular complexity index is 700. The topological polar surface area (TPSA) is 38.3 Å². The lowest BCUT2D eigenvalue weighted by atomic mass is 9.89. The molecule has 0 saturated carbocycles. The van der Waals surface area contributed by atoms with Crippen LogP contribution in [0.2, 0.25) is 0 Å². The van der Waals surface area contributed by atoms with Gasteiger partial charge in [-0.2, -0.15) is 0 Å². The van der Waals surface area contributed by atoms with Crippen LogP contribution in [0.4, 0.5) is 0 Å². The molecule has 126 valence electrons. The monoisotopic (exact) mass is 341 g/mol. The van der Waals surface area contributed by atoms with E-state index in [1.165, 1.54) is 4.90 Å². The number of para-hydroxylation sites is 1. The van der Waals surface area contributed by atoms with Crippen molar-refractivity contribution in [2.45, 2.75) is 43.2 Å². The molecule has 1 amide bonds. The second kappa shape index (κ2) is 7.31. The van der Waals surface area contributed by atoms with E-state index in [2.05, 4.69) is 31.3 Å². The molecule has 1 atom stereocenters. The minimum absolute atomic E-state index is 0.0131. The summed E-state index contributed by atoms with van der Waals surface area (Å²) in [6.07, 6.45) is 1.29. The Hall–Kier alpha value is -1.94. The van der Waals surface area contributed by atoms with Gasteiger partial charge in [0.25, 0.3) is 0 Å². The molecule has 0 saturated heterocycles. The lowest BCUT2D eigenvalue weighted by Gasteiger charge is -2.37. The van der Waals surface area contributed by atoms with Crippen LogP contribution in [0.1, 0.15) is 38.3 Å². The highest BCUT2D eigenvalue weighted by Crippen LogP contribution is 2.39. The van der Waals surface area contributed by atoms with E-state index >= 15 is 0 Å². The second-order valence-electron chi connectivity index (χ2n) is 6.64. The van der Waals surface area contributed by atoms with Gasteiger partial charge >= 0.3 is 0 Å². The van der Waals surface area contributed by atoms with Crippen molar-refractivity contribution >= 4 is 17.7 Å². The van der Waals surface area contributed by atoms with E-state index in [0.717, 1.165) is 23.5 Å². The van der Waals surface area contributed by atoms with E-state index in [4.69, 9.17) is 4.74 Å². The molecule has 1 aliphatic rings. The van der Waals surface area contributed by atoms with Crippen LogP contribution in [0.3, 0.4) is 0 Å². The number of carbonyl (C=O) groups is 1. The molecule has 4 heteroatoms. The fourth-order valence-electron chi connectivity index (χ4n) is 2.98. The highest BCUT2D eigenvalue weighted by molar-refractivity contribution is 7.99. The Kier molecular flexibility index (Phi) is 5.14. The Morgan fingerprint density at radius 3 is 2.67 bits per heavy atom. The average Bonchev–Trinajstić information content (AvgIpc) is 2.55. The third-order valence-corrected chi connectivity index (χ3v) is 5.07. The Morgan fingerprint density at radius 2 is 1.88 bits per heavy atom. The molecule has 0 aromatic heterocycles. The van der Waals surface area contributed by atoms with Gasteiger partial charge in [0.05, 0.1) is 6.04 Å². The molecular weight excluding hydrogens is 318 g/mol. The average molecular weight is 341 g/mol. The van der Waals surface area contributed by atoms with Gasteiger partial charge in [-0.15, -0.1) is 11.8 Å². The summed E-state index contributed by atoms with van der Waals surface area (Å²) in [4.78, 5) is 13.6. The molecule has 0 aliphatic carbocycles. The molecule has 1 aliphatic heterocycles. The van der Waals surface area contributed by atoms with E-state index in [-0.39, 0.29) is 17.6 Å². The van der Waals surface area contributed by atoms with Crippen molar-refractivity contribution in [2.75, 3.05) is 5.75 Å². The molecule has 24 heavy (non-hydrogen) atoms. The van der Waals surface area contributed by atoms with Crippen LogP contribution >= 0.6 is 11.8 Å². The van der Waals surface area contributed by atoms with Crippen LogP contribution < -0.4 is 10.1 Å². The predicted octanol–water partition coefficient (Wildman–Crippen LogP) is 4.59. The van der Waals surface area contributed by atoms with Crippen molar-refractivity contribution in [3.8, 4) is 5.75 Å². The number of ether oxygens (including phenoxy) is 1. The van der Waals surface area contributed by atoms with Gasteiger partial charge in [-0.05, 0) is 32.0 Å². The van der Waals surface area contributed by atoms with E-state index < -0.39 is 0 Å². The van der Waals surface area contributed by atoms with Gasteiger partial charge in [0.2, 0.25) is 5.91 Å². The molecule has 2 aromatic rings. The molecule has 1 N–H and O–H groups in total. The molecule has 0 fully saturated rings. The highest BCUT2D eigenvalue weighted by atomic mass is 32.2. The summed E-state index contributed by atoms with van der Waals surface area (Å²) >= 11 is 1.71. The van der Waals surface area contributed by atoms with Gasteiger partial charge < -0.3 is 10.1 Å². The van der Waals surface area contributed by atoms with Gasteiger partial charge in [-0.3, -0.25) is 4.79 Å². The molecule has 0 spiro atoms. The number of rotatable bonds is 5. The minimum Gasteiger partial charge on any atom is -0.487 e. The van der Waals surface area contributed by atoms with Gasteiger partial charge in [0.1, 0.15) is 11.4 Å². The standard InChI is InChI=1S/C20H23NO2S/c1-20(2)14-17(16-10-6-7-11-18(16)23-20)21-19(22)12-13-24-15-8-4-3-5-9-15/h3-11,17H,12-14H2,1-2H3,(H,21,22)/t17-/m0/s1. The number of carbonyl (C=O) groups excluding carboxylic acids is 1. The molecular formula is C20H23NO2S. The van der Waals surface area contributed by atoms with Gasteiger partial charge in [0.15, 0.2) is 0 Å². The fraction of sp³-hybridized carbons (Fsp3) is 0.350. The Morgan fingerprint density at radius 1 is 1.17 bits per heavy atom. The summed E-state index contributed by atoms with van der Waals surface area (Å²) in [6.45, 7) is 4.13. The maximum Gasteiger partial charge on any atom is 0.221 e. The zero-order valence-electron chi connectivity index (χ0n) is 14.1. The maximum atomic E-state index is 12.4. The van der Waals surface area contributed by atoms with Crippen LogP contribution in [-0.4, -0.2) is 17.3 Å². The first kappa shape index (κ1) is 16.9. The van der Waals surface area contributed by atoms with E-state index in [1.54, 1.807) is 11.8 Å². The first-order valence-corrected chi connectivity index (χ1v) is 9.27. The van der Waals surface area contributed by atoms with Crippen molar-refractivity contribution in [3.63, 3.8) is 0 Å². The third kappa shape index (κ3) is 4.32. The Labute approximate surface area is 147 Å². The largest absolute Gasteiger partial charge is 0.487 e. The second-order valence-corrected chi connectivity index (χ2v) is 7.80. The Balaban J connectivity index is 1.58. The first-order chi connectivity index (χ1) is 11.5. The van der Waals surface area contributed by atoms with Crippen LogP contribution in [-0.2, 0) is 4.79 Å². The molecule has 0 radical (unpaired) electrons. The highest BCUT2D eigenvalue weighted by Gasteiger charge is 2.34. The minimum atomic E-state index is -0.273. The SMILES string of the molecule is CC1(C)C[C@H](NC(=O)CCSc2ccccc2)c2ccccc2O1. The third-order valence-electron chi connectivity index (χ3n) is 4.05. The summed E-state index contributed by atoms with van der Waals surface area (Å²) in [5.41, 5.74) is 0.798. The first-order valence-electron chi connectivity index (χ1n) is 8.29. The van der Waals surface area contributed by atoms with Gasteiger partial charge in [-0.25, -0.2) is 0 Å². The van der Waals surface area contributed by atoms with Gasteiger partial charge in [0, 0.05) is 29.1 Å². The van der Waals surface area contributed by atoms with Crippen LogP contribution in [0.25, 0.3) is 0 Å². The van der Waals surface area contributed by atoms with Crippen molar-refractivity contribution in [1.82, 2.24) is 5.32 Å². The number of thioether (sulfide) groups is 1. The number of amides is 1. The van der Waals surface area contributed by atoms with Gasteiger partial charge in [-0.1, -0.05) is 36.4 Å². The molecule has 1 heterocycles. The maximum absolute atomic E-state index is 12.4. The number of benzene rings is 2. The van der Waals surface area contributed by atoms with Crippen molar-refractivity contribution in [3.05, 3.63) is 60.2 Å².